The van der Waals surface area contributed by atoms with Gasteiger partial charge in [0.2, 0.25) is 11.9 Å². The lowest BCUT2D eigenvalue weighted by Gasteiger charge is -2.10. The van der Waals surface area contributed by atoms with Gasteiger partial charge in [0.25, 0.3) is 5.69 Å². The van der Waals surface area contributed by atoms with Crippen LogP contribution in [0.5, 0.6) is 6.01 Å². The topological polar surface area (TPSA) is 115 Å². The Morgan fingerprint density at radius 1 is 1.25 bits per heavy atom. The van der Waals surface area contributed by atoms with Crippen LogP contribution in [0.1, 0.15) is 0 Å². The number of ether oxygens (including phenoxy) is 1. The normalized spacial score (nSPS) is 11.0. The van der Waals surface area contributed by atoms with Crippen molar-refractivity contribution >= 4 is 23.3 Å². The summed E-state index contributed by atoms with van der Waals surface area (Å²) in [6, 6.07) is 4.90. The minimum Gasteiger partial charge on any atom is -0.454 e. The van der Waals surface area contributed by atoms with Crippen LogP contribution in [0.2, 0.25) is 0 Å². The van der Waals surface area contributed by atoms with E-state index < -0.39 is 23.7 Å². The SMILES string of the molecule is CNc1nc(Nc2cccc([N+](=O)[O-])c2)nc(OCC(F)(F)F)n1. The number of hydrogen-bond donors (Lipinski definition) is 2. The van der Waals surface area contributed by atoms with Gasteiger partial charge in [-0.05, 0) is 6.07 Å². The molecule has 0 aliphatic heterocycles. The van der Waals surface area contributed by atoms with E-state index in [2.05, 4.69) is 30.3 Å². The molecule has 2 rings (SSSR count). The summed E-state index contributed by atoms with van der Waals surface area (Å²) in [6.07, 6.45) is -4.54. The first kappa shape index (κ1) is 17.2. The second kappa shape index (κ2) is 6.93. The molecule has 0 fully saturated rings. The molecule has 0 spiro atoms. The summed E-state index contributed by atoms with van der Waals surface area (Å²) in [5.74, 6) is -0.165. The Kier molecular flexibility index (Phi) is 4.96. The molecule has 1 aromatic heterocycles. The Labute approximate surface area is 133 Å². The van der Waals surface area contributed by atoms with E-state index in [0.717, 1.165) is 0 Å². The van der Waals surface area contributed by atoms with Crippen LogP contribution in [0, 0.1) is 10.1 Å². The highest BCUT2D eigenvalue weighted by atomic mass is 19.4. The second-order valence-electron chi connectivity index (χ2n) is 4.35. The number of alkyl halides is 3. The minimum absolute atomic E-state index is 0.0323. The number of benzene rings is 1. The number of nitro benzene ring substituents is 1. The van der Waals surface area contributed by atoms with Crippen molar-refractivity contribution in [1.29, 1.82) is 0 Å². The molecule has 0 amide bonds. The quantitative estimate of drug-likeness (QED) is 0.607. The Bertz CT molecular complexity index is 740. The van der Waals surface area contributed by atoms with E-state index in [0.29, 0.717) is 0 Å². The lowest BCUT2D eigenvalue weighted by atomic mass is 10.3. The molecule has 128 valence electrons. The molecule has 0 radical (unpaired) electrons. The Hall–Kier alpha value is -3.18. The van der Waals surface area contributed by atoms with Crippen molar-refractivity contribution in [3.05, 3.63) is 34.4 Å². The smallest absolute Gasteiger partial charge is 0.422 e. The maximum absolute atomic E-state index is 12.2. The van der Waals surface area contributed by atoms with E-state index in [1.807, 2.05) is 0 Å². The number of anilines is 3. The first-order valence-corrected chi connectivity index (χ1v) is 6.42. The predicted octanol–water partition coefficient (Wildman–Crippen LogP) is 2.51. The van der Waals surface area contributed by atoms with Gasteiger partial charge in [0.05, 0.1) is 4.92 Å². The summed E-state index contributed by atoms with van der Waals surface area (Å²) in [5.41, 5.74) is 0.107. The number of nitrogens with zero attached hydrogens (tertiary/aromatic N) is 4. The third kappa shape index (κ3) is 4.93. The van der Waals surface area contributed by atoms with E-state index in [9.17, 15) is 23.3 Å². The van der Waals surface area contributed by atoms with E-state index in [1.54, 1.807) is 0 Å². The Morgan fingerprint density at radius 3 is 2.58 bits per heavy atom. The first-order valence-electron chi connectivity index (χ1n) is 6.42. The fourth-order valence-electron chi connectivity index (χ4n) is 1.56. The zero-order valence-corrected chi connectivity index (χ0v) is 12.2. The molecule has 2 N–H and O–H groups in total. The van der Waals surface area contributed by atoms with Crippen LogP contribution in [-0.2, 0) is 0 Å². The Morgan fingerprint density at radius 2 is 1.96 bits per heavy atom. The fraction of sp³-hybridized carbons (Fsp3) is 0.250. The van der Waals surface area contributed by atoms with Gasteiger partial charge in [-0.25, -0.2) is 0 Å². The van der Waals surface area contributed by atoms with Crippen molar-refractivity contribution < 1.29 is 22.8 Å². The molecule has 0 atom stereocenters. The molecule has 0 aliphatic carbocycles. The average molecular weight is 344 g/mol. The average Bonchev–Trinajstić information content (AvgIpc) is 2.52. The van der Waals surface area contributed by atoms with Gasteiger partial charge in [-0.1, -0.05) is 6.07 Å². The van der Waals surface area contributed by atoms with E-state index in [-0.39, 0.29) is 23.3 Å². The van der Waals surface area contributed by atoms with Gasteiger partial charge in [0, 0.05) is 24.9 Å². The summed E-state index contributed by atoms with van der Waals surface area (Å²) >= 11 is 0. The second-order valence-corrected chi connectivity index (χ2v) is 4.35. The molecule has 0 saturated carbocycles. The maximum Gasteiger partial charge on any atom is 0.422 e. The van der Waals surface area contributed by atoms with E-state index >= 15 is 0 Å². The number of aromatic nitrogens is 3. The molecule has 0 aliphatic rings. The summed E-state index contributed by atoms with van der Waals surface area (Å²) in [5, 5.41) is 15.9. The first-order chi connectivity index (χ1) is 11.3. The Balaban J connectivity index is 2.23. The molecule has 1 aromatic carbocycles. The number of rotatable bonds is 6. The molecule has 1 heterocycles. The number of non-ortho nitro benzene ring substituents is 1. The van der Waals surface area contributed by atoms with Crippen LogP contribution in [0.4, 0.5) is 36.4 Å². The largest absolute Gasteiger partial charge is 0.454 e. The number of nitrogens with one attached hydrogen (secondary N) is 2. The maximum atomic E-state index is 12.2. The monoisotopic (exact) mass is 344 g/mol. The zero-order valence-electron chi connectivity index (χ0n) is 12.2. The van der Waals surface area contributed by atoms with Crippen molar-refractivity contribution in [3.63, 3.8) is 0 Å². The molecule has 24 heavy (non-hydrogen) atoms. The third-order valence-corrected chi connectivity index (χ3v) is 2.52. The summed E-state index contributed by atoms with van der Waals surface area (Å²) < 4.78 is 41.1. The lowest BCUT2D eigenvalue weighted by molar-refractivity contribution is -0.384. The number of halogens is 3. The van der Waals surface area contributed by atoms with Crippen LogP contribution in [-0.4, -0.2) is 39.7 Å². The molecule has 0 saturated heterocycles. The van der Waals surface area contributed by atoms with Crippen LogP contribution >= 0.6 is 0 Å². The van der Waals surface area contributed by atoms with Crippen molar-refractivity contribution in [2.75, 3.05) is 24.3 Å². The van der Waals surface area contributed by atoms with Crippen LogP contribution in [0.3, 0.4) is 0 Å². The standard InChI is InChI=1S/C12H11F3N6O3/c1-16-9-18-10(20-11(19-9)24-6-12(13,14)15)17-7-3-2-4-8(5-7)21(22)23/h2-5H,6H2,1H3,(H2,16,17,18,19,20). The van der Waals surface area contributed by atoms with Gasteiger partial charge in [0.15, 0.2) is 6.61 Å². The van der Waals surface area contributed by atoms with Crippen molar-refractivity contribution in [1.82, 2.24) is 15.0 Å². The fourth-order valence-corrected chi connectivity index (χ4v) is 1.56. The molecule has 12 heteroatoms. The van der Waals surface area contributed by atoms with Crippen LogP contribution in [0.25, 0.3) is 0 Å². The summed E-state index contributed by atoms with van der Waals surface area (Å²) in [6.45, 7) is -1.56. The van der Waals surface area contributed by atoms with Crippen molar-refractivity contribution in [2.45, 2.75) is 6.18 Å². The van der Waals surface area contributed by atoms with Crippen molar-refractivity contribution in [2.24, 2.45) is 0 Å². The highest BCUT2D eigenvalue weighted by Crippen LogP contribution is 2.22. The summed E-state index contributed by atoms with van der Waals surface area (Å²) in [7, 11) is 1.46. The number of nitro groups is 1. The highest BCUT2D eigenvalue weighted by molar-refractivity contribution is 5.58. The van der Waals surface area contributed by atoms with Gasteiger partial charge in [-0.15, -0.1) is 0 Å². The minimum atomic E-state index is -4.54. The molecular formula is C12H11F3N6O3. The highest BCUT2D eigenvalue weighted by Gasteiger charge is 2.29. The van der Waals surface area contributed by atoms with Gasteiger partial charge in [-0.3, -0.25) is 10.1 Å². The predicted molar refractivity (Wildman–Crippen MR) is 77.3 cm³/mol. The van der Waals surface area contributed by atoms with Gasteiger partial charge in [0.1, 0.15) is 0 Å². The summed E-state index contributed by atoms with van der Waals surface area (Å²) in [4.78, 5) is 21.4. The van der Waals surface area contributed by atoms with Crippen LogP contribution in [0.15, 0.2) is 24.3 Å². The van der Waals surface area contributed by atoms with Crippen LogP contribution < -0.4 is 15.4 Å². The lowest BCUT2D eigenvalue weighted by Crippen LogP contribution is -2.20. The van der Waals surface area contributed by atoms with Gasteiger partial charge < -0.3 is 15.4 Å². The van der Waals surface area contributed by atoms with E-state index in [4.69, 9.17) is 0 Å². The zero-order chi connectivity index (χ0) is 17.7. The van der Waals surface area contributed by atoms with Crippen molar-refractivity contribution in [3.8, 4) is 6.01 Å². The van der Waals surface area contributed by atoms with E-state index in [1.165, 1.54) is 31.3 Å². The molecule has 9 nitrogen and oxygen atoms in total. The van der Waals surface area contributed by atoms with Gasteiger partial charge in [-0.2, -0.15) is 28.1 Å². The van der Waals surface area contributed by atoms with Gasteiger partial charge >= 0.3 is 12.2 Å². The molecule has 0 unspecified atom stereocenters. The third-order valence-electron chi connectivity index (χ3n) is 2.52. The number of hydrogen-bond acceptors (Lipinski definition) is 8. The molecular weight excluding hydrogens is 333 g/mol. The molecule has 0 bridgehead atoms. The molecule has 2 aromatic rings.